The molecule has 2 fully saturated rings. The van der Waals surface area contributed by atoms with E-state index < -0.39 is 0 Å². The third kappa shape index (κ3) is 3.09. The molecule has 4 nitrogen and oxygen atoms in total. The van der Waals surface area contributed by atoms with E-state index in [2.05, 4.69) is 5.32 Å². The van der Waals surface area contributed by atoms with Crippen LogP contribution in [0, 0.1) is 17.8 Å². The summed E-state index contributed by atoms with van der Waals surface area (Å²) in [5.74, 6) is 1.41. The van der Waals surface area contributed by atoms with Crippen molar-refractivity contribution in [1.29, 1.82) is 0 Å². The van der Waals surface area contributed by atoms with Crippen LogP contribution in [0.1, 0.15) is 31.2 Å². The van der Waals surface area contributed by atoms with Crippen molar-refractivity contribution >= 4 is 12.4 Å². The highest BCUT2D eigenvalue weighted by molar-refractivity contribution is 5.68. The van der Waals surface area contributed by atoms with Crippen LogP contribution in [0.4, 0.5) is 4.79 Å². The number of ether oxygens (including phenoxy) is 1. The largest absolute Gasteiger partial charge is 0.445 e. The first-order valence-electron chi connectivity index (χ1n) is 7.69. The van der Waals surface area contributed by atoms with Crippen molar-refractivity contribution in [2.75, 3.05) is 0 Å². The van der Waals surface area contributed by atoms with Gasteiger partial charge in [-0.25, -0.2) is 4.79 Å². The Morgan fingerprint density at radius 2 is 2.00 bits per heavy atom. The number of nitrogens with one attached hydrogen (secondary N) is 1. The summed E-state index contributed by atoms with van der Waals surface area (Å²) < 4.78 is 5.29. The summed E-state index contributed by atoms with van der Waals surface area (Å²) in [5.41, 5.74) is 0.977. The van der Waals surface area contributed by atoms with Crippen LogP contribution in [0.2, 0.25) is 0 Å². The maximum atomic E-state index is 12.0. The zero-order valence-corrected chi connectivity index (χ0v) is 12.0. The second-order valence-electron chi connectivity index (χ2n) is 6.13. The minimum Gasteiger partial charge on any atom is -0.445 e. The van der Waals surface area contributed by atoms with E-state index in [9.17, 15) is 9.59 Å². The predicted molar refractivity (Wildman–Crippen MR) is 78.6 cm³/mol. The topological polar surface area (TPSA) is 55.4 Å². The molecule has 0 radical (unpaired) electrons. The van der Waals surface area contributed by atoms with Crippen LogP contribution in [-0.4, -0.2) is 18.4 Å². The molecule has 1 aromatic carbocycles. The molecule has 4 heteroatoms. The van der Waals surface area contributed by atoms with Crippen molar-refractivity contribution < 1.29 is 14.3 Å². The van der Waals surface area contributed by atoms with Crippen LogP contribution in [0.15, 0.2) is 30.3 Å². The molecule has 112 valence electrons. The molecule has 2 aliphatic carbocycles. The lowest BCUT2D eigenvalue weighted by Crippen LogP contribution is -2.44. The van der Waals surface area contributed by atoms with Crippen LogP contribution in [0.25, 0.3) is 0 Å². The maximum Gasteiger partial charge on any atom is 0.407 e. The zero-order valence-electron chi connectivity index (χ0n) is 12.0. The van der Waals surface area contributed by atoms with Crippen LogP contribution in [0.3, 0.4) is 0 Å². The zero-order chi connectivity index (χ0) is 14.7. The lowest BCUT2D eigenvalue weighted by molar-refractivity contribution is -0.109. The van der Waals surface area contributed by atoms with Gasteiger partial charge in [-0.1, -0.05) is 30.3 Å². The minimum absolute atomic E-state index is 0.109. The van der Waals surface area contributed by atoms with Crippen molar-refractivity contribution in [3.63, 3.8) is 0 Å². The van der Waals surface area contributed by atoms with Crippen LogP contribution >= 0.6 is 0 Å². The second kappa shape index (κ2) is 6.29. The van der Waals surface area contributed by atoms with E-state index in [1.807, 2.05) is 30.3 Å². The second-order valence-corrected chi connectivity index (χ2v) is 6.13. The summed E-state index contributed by atoms with van der Waals surface area (Å²) in [6.45, 7) is 0.284. The van der Waals surface area contributed by atoms with E-state index in [1.54, 1.807) is 0 Å². The molecule has 4 atom stereocenters. The van der Waals surface area contributed by atoms with Crippen LogP contribution < -0.4 is 5.32 Å². The van der Waals surface area contributed by atoms with E-state index in [1.165, 1.54) is 6.42 Å². The predicted octanol–water partition coefficient (Wildman–Crippen LogP) is 2.92. The van der Waals surface area contributed by atoms with E-state index >= 15 is 0 Å². The maximum absolute atomic E-state index is 12.0. The lowest BCUT2D eigenvalue weighted by atomic mass is 9.83. The van der Waals surface area contributed by atoms with Gasteiger partial charge in [-0.05, 0) is 42.6 Å². The molecule has 2 aliphatic rings. The van der Waals surface area contributed by atoms with Crippen LogP contribution in [-0.2, 0) is 16.1 Å². The number of benzene rings is 1. The Bertz CT molecular complexity index is 502. The van der Waals surface area contributed by atoms with E-state index in [4.69, 9.17) is 4.74 Å². The molecule has 0 aromatic heterocycles. The molecule has 0 saturated heterocycles. The van der Waals surface area contributed by atoms with Gasteiger partial charge >= 0.3 is 6.09 Å². The molecule has 1 amide bonds. The summed E-state index contributed by atoms with van der Waals surface area (Å²) in [5, 5.41) is 3.00. The van der Waals surface area contributed by atoms with Crippen LogP contribution in [0.5, 0.6) is 0 Å². The van der Waals surface area contributed by atoms with Gasteiger partial charge in [0.15, 0.2) is 0 Å². The Balaban J connectivity index is 1.53. The van der Waals surface area contributed by atoms with Gasteiger partial charge in [-0.3, -0.25) is 0 Å². The number of carbonyl (C=O) groups is 2. The van der Waals surface area contributed by atoms with Gasteiger partial charge < -0.3 is 14.8 Å². The summed E-state index contributed by atoms with van der Waals surface area (Å²) >= 11 is 0. The summed E-state index contributed by atoms with van der Waals surface area (Å²) in [7, 11) is 0. The van der Waals surface area contributed by atoms with E-state index in [-0.39, 0.29) is 18.7 Å². The Morgan fingerprint density at radius 3 is 2.76 bits per heavy atom. The number of fused-ring (bicyclic) bond motifs is 2. The van der Waals surface area contributed by atoms with Crippen molar-refractivity contribution in [2.45, 2.75) is 38.3 Å². The molecule has 1 aromatic rings. The fraction of sp³-hybridized carbons (Fsp3) is 0.529. The number of alkyl carbamates (subject to hydrolysis) is 1. The SMILES string of the molecule is O=CCC1C2CCC(C2)C1NC(=O)OCc1ccccc1. The molecule has 2 saturated carbocycles. The molecular formula is C17H21NO3. The third-order valence-corrected chi connectivity index (χ3v) is 4.95. The molecule has 2 bridgehead atoms. The minimum atomic E-state index is -0.368. The number of rotatable bonds is 5. The highest BCUT2D eigenvalue weighted by atomic mass is 16.5. The van der Waals surface area contributed by atoms with Gasteiger partial charge in [-0.15, -0.1) is 0 Å². The van der Waals surface area contributed by atoms with Crippen molar-refractivity contribution in [1.82, 2.24) is 5.32 Å². The fourth-order valence-corrected chi connectivity index (χ4v) is 3.99. The van der Waals surface area contributed by atoms with Gasteiger partial charge in [0.1, 0.15) is 12.9 Å². The first-order valence-corrected chi connectivity index (χ1v) is 7.69. The number of amides is 1. The number of hydrogen-bond acceptors (Lipinski definition) is 3. The Hall–Kier alpha value is -1.84. The first kappa shape index (κ1) is 14.1. The number of aldehydes is 1. The van der Waals surface area contributed by atoms with E-state index in [0.29, 0.717) is 24.2 Å². The van der Waals surface area contributed by atoms with Gasteiger partial charge in [0.05, 0.1) is 0 Å². The third-order valence-electron chi connectivity index (χ3n) is 4.95. The summed E-state index contributed by atoms with van der Waals surface area (Å²) in [6, 6.07) is 9.75. The molecule has 0 heterocycles. The highest BCUT2D eigenvalue weighted by Crippen LogP contribution is 2.49. The lowest BCUT2D eigenvalue weighted by Gasteiger charge is -2.30. The monoisotopic (exact) mass is 287 g/mol. The molecule has 21 heavy (non-hydrogen) atoms. The quantitative estimate of drug-likeness (QED) is 0.847. The summed E-state index contributed by atoms with van der Waals surface area (Å²) in [4.78, 5) is 22.8. The van der Waals surface area contributed by atoms with Gasteiger partial charge in [-0.2, -0.15) is 0 Å². The standard InChI is InChI=1S/C17H21NO3/c19-9-8-15-13-6-7-14(10-13)16(15)18-17(20)21-11-12-4-2-1-3-5-12/h1-5,9,13-16H,6-8,10-11H2,(H,18,20). The number of hydrogen-bond donors (Lipinski definition) is 1. The molecule has 1 N–H and O–H groups in total. The molecule has 0 aliphatic heterocycles. The van der Waals surface area contributed by atoms with Gasteiger partial charge in [0.2, 0.25) is 0 Å². The Kier molecular flexibility index (Phi) is 4.23. The normalized spacial score (nSPS) is 30.1. The molecule has 0 spiro atoms. The average molecular weight is 287 g/mol. The van der Waals surface area contributed by atoms with Crippen molar-refractivity contribution in [3.05, 3.63) is 35.9 Å². The fourth-order valence-electron chi connectivity index (χ4n) is 3.99. The highest BCUT2D eigenvalue weighted by Gasteiger charge is 2.47. The van der Waals surface area contributed by atoms with Crippen molar-refractivity contribution in [2.24, 2.45) is 17.8 Å². The molecule has 3 rings (SSSR count). The first-order chi connectivity index (χ1) is 10.3. The molecular weight excluding hydrogens is 266 g/mol. The van der Waals surface area contributed by atoms with Crippen molar-refractivity contribution in [3.8, 4) is 0 Å². The van der Waals surface area contributed by atoms with Gasteiger partial charge in [0.25, 0.3) is 0 Å². The smallest absolute Gasteiger partial charge is 0.407 e. The Labute approximate surface area is 124 Å². The summed E-state index contributed by atoms with van der Waals surface area (Å²) in [6.07, 6.45) is 4.65. The molecule has 4 unspecified atom stereocenters. The number of carbonyl (C=O) groups excluding carboxylic acids is 2. The van der Waals surface area contributed by atoms with Gasteiger partial charge in [0, 0.05) is 12.5 Å². The Morgan fingerprint density at radius 1 is 1.24 bits per heavy atom. The average Bonchev–Trinajstić information content (AvgIpc) is 3.10. The van der Waals surface area contributed by atoms with E-state index in [0.717, 1.165) is 24.7 Å².